The summed E-state index contributed by atoms with van der Waals surface area (Å²) in [6.45, 7) is 8.90. The van der Waals surface area contributed by atoms with Gasteiger partial charge in [-0.05, 0) is 12.6 Å². The van der Waals surface area contributed by atoms with Crippen LogP contribution in [0.5, 0.6) is 0 Å². The van der Waals surface area contributed by atoms with E-state index in [1.807, 2.05) is 5.70 Å². The number of halogens is 1. The van der Waals surface area contributed by atoms with E-state index in [9.17, 15) is 0 Å². The van der Waals surface area contributed by atoms with Crippen LogP contribution in [0.1, 0.15) is 20.3 Å². The summed E-state index contributed by atoms with van der Waals surface area (Å²) in [4.78, 5) is 3.30. The van der Waals surface area contributed by atoms with Gasteiger partial charge < -0.3 is 4.98 Å². The first-order valence-electron chi connectivity index (χ1n) is 3.76. The van der Waals surface area contributed by atoms with Gasteiger partial charge >= 0.3 is 0 Å². The first kappa shape index (κ1) is 10.2. The average molecular weight is 178 g/mol. The van der Waals surface area contributed by atoms with Crippen molar-refractivity contribution in [1.29, 1.82) is 0 Å². The predicted molar refractivity (Wildman–Crippen MR) is 50.6 cm³/mol. The van der Waals surface area contributed by atoms with Crippen LogP contribution in [0.3, 0.4) is 0 Å². The minimum Gasteiger partial charge on any atom is -0.323 e. The number of hydrogen-bond acceptors (Lipinski definition) is 1. The zero-order valence-electron chi connectivity index (χ0n) is 6.78. The van der Waals surface area contributed by atoms with Gasteiger partial charge in [0.1, 0.15) is 0 Å². The van der Waals surface area contributed by atoms with E-state index in [4.69, 9.17) is 11.1 Å². The highest BCUT2D eigenvalue weighted by Gasteiger charge is 2.24. The summed E-state index contributed by atoms with van der Waals surface area (Å²) in [6.07, 6.45) is 1.13. The Morgan fingerprint density at radius 2 is 2.20 bits per heavy atom. The fourth-order valence-electron chi connectivity index (χ4n) is 0.920. The molecule has 0 saturated heterocycles. The van der Waals surface area contributed by atoms with Crippen molar-refractivity contribution in [2.24, 2.45) is 0 Å². The Morgan fingerprint density at radius 3 is 2.50 bits per heavy atom. The third-order valence-electron chi connectivity index (χ3n) is 1.41. The average Bonchev–Trinajstić information content (AvgIpc) is 1.89. The highest BCUT2D eigenvalue weighted by atomic mass is 35.6. The van der Waals surface area contributed by atoms with Crippen LogP contribution in [0.15, 0.2) is 12.3 Å². The molecular formula is C7H16ClNSi. The Kier molecular flexibility index (Phi) is 5.04. The van der Waals surface area contributed by atoms with Gasteiger partial charge in [-0.1, -0.05) is 26.0 Å². The number of rotatable bonds is 5. The largest absolute Gasteiger partial charge is 0.323 e. The van der Waals surface area contributed by atoms with Gasteiger partial charge in [0.25, 0.3) is 0 Å². The Labute approximate surface area is 69.3 Å². The summed E-state index contributed by atoms with van der Waals surface area (Å²) in [5.41, 5.74) is 1.90. The Bertz CT molecular complexity index is 99.8. The molecule has 0 rings (SSSR count). The van der Waals surface area contributed by atoms with Crippen molar-refractivity contribution in [2.75, 3.05) is 6.54 Å². The molecule has 0 aliphatic carbocycles. The van der Waals surface area contributed by atoms with Crippen molar-refractivity contribution in [3.8, 4) is 0 Å². The molecule has 0 aliphatic rings. The van der Waals surface area contributed by atoms with Crippen LogP contribution in [0.4, 0.5) is 0 Å². The summed E-state index contributed by atoms with van der Waals surface area (Å²) in [7, 11) is -1.74. The molecule has 1 atom stereocenters. The maximum atomic E-state index is 6.23. The molecule has 10 heavy (non-hydrogen) atoms. The minimum atomic E-state index is -1.74. The summed E-state index contributed by atoms with van der Waals surface area (Å²) in [6, 6.07) is 1.08. The molecule has 0 heterocycles. The molecule has 1 unspecified atom stereocenters. The standard InChI is InChI=1S/C7H16ClNSi/c1-4-7-10(8,6-3)9-5-2/h6,9H,3-5,7H2,1-2H3. The smallest absolute Gasteiger partial charge is 0.250 e. The van der Waals surface area contributed by atoms with Gasteiger partial charge in [-0.25, -0.2) is 0 Å². The lowest BCUT2D eigenvalue weighted by Crippen LogP contribution is -2.43. The van der Waals surface area contributed by atoms with Crippen molar-refractivity contribution in [2.45, 2.75) is 26.3 Å². The van der Waals surface area contributed by atoms with E-state index in [1.54, 1.807) is 0 Å². The normalized spacial score (nSPS) is 16.3. The fraction of sp³-hybridized carbons (Fsp3) is 0.714. The van der Waals surface area contributed by atoms with Crippen LogP contribution in [0.2, 0.25) is 6.04 Å². The lowest BCUT2D eigenvalue weighted by Gasteiger charge is -2.19. The zero-order valence-corrected chi connectivity index (χ0v) is 8.54. The van der Waals surface area contributed by atoms with Crippen molar-refractivity contribution in [3.05, 3.63) is 12.3 Å². The molecule has 3 heteroatoms. The molecule has 0 amide bonds. The quantitative estimate of drug-likeness (QED) is 0.503. The highest BCUT2D eigenvalue weighted by Crippen LogP contribution is 2.14. The van der Waals surface area contributed by atoms with Gasteiger partial charge in [-0.15, -0.1) is 17.7 Å². The van der Waals surface area contributed by atoms with Crippen molar-refractivity contribution in [1.82, 2.24) is 4.98 Å². The monoisotopic (exact) mass is 177 g/mol. The third kappa shape index (κ3) is 3.39. The van der Waals surface area contributed by atoms with Gasteiger partial charge in [-0.2, -0.15) is 0 Å². The molecule has 0 aromatic rings. The highest BCUT2D eigenvalue weighted by molar-refractivity contribution is 7.21. The topological polar surface area (TPSA) is 12.0 Å². The van der Waals surface area contributed by atoms with Crippen LogP contribution in [-0.2, 0) is 0 Å². The molecule has 0 radical (unpaired) electrons. The molecule has 0 aromatic carbocycles. The van der Waals surface area contributed by atoms with E-state index in [2.05, 4.69) is 25.4 Å². The molecule has 0 aromatic heterocycles. The lowest BCUT2D eigenvalue weighted by atomic mass is 10.6. The van der Waals surface area contributed by atoms with Crippen LogP contribution >= 0.6 is 11.1 Å². The first-order valence-corrected chi connectivity index (χ1v) is 7.05. The van der Waals surface area contributed by atoms with E-state index >= 15 is 0 Å². The Balaban J connectivity index is 3.81. The Morgan fingerprint density at radius 1 is 1.60 bits per heavy atom. The van der Waals surface area contributed by atoms with Gasteiger partial charge in [0, 0.05) is 0 Å². The van der Waals surface area contributed by atoms with E-state index in [0.29, 0.717) is 0 Å². The zero-order chi connectivity index (χ0) is 8.04. The lowest BCUT2D eigenvalue weighted by molar-refractivity contribution is 0.944. The third-order valence-corrected chi connectivity index (χ3v) is 5.65. The van der Waals surface area contributed by atoms with Crippen LogP contribution in [0, 0.1) is 0 Å². The van der Waals surface area contributed by atoms with Gasteiger partial charge in [0.05, 0.1) is 0 Å². The SMILES string of the molecule is C=C[Si](Cl)(CCC)NCC. The molecule has 0 spiro atoms. The summed E-state index contributed by atoms with van der Waals surface area (Å²) in [5.74, 6) is 0. The molecular weight excluding hydrogens is 162 g/mol. The van der Waals surface area contributed by atoms with Gasteiger partial charge in [0.15, 0.2) is 0 Å². The van der Waals surface area contributed by atoms with Crippen molar-refractivity contribution in [3.63, 3.8) is 0 Å². The maximum absolute atomic E-state index is 6.23. The first-order chi connectivity index (χ1) is 4.68. The van der Waals surface area contributed by atoms with E-state index in [0.717, 1.165) is 19.0 Å². The van der Waals surface area contributed by atoms with E-state index in [1.165, 1.54) is 0 Å². The fourth-order valence-corrected chi connectivity index (χ4v) is 3.73. The maximum Gasteiger partial charge on any atom is 0.250 e. The van der Waals surface area contributed by atoms with E-state index in [-0.39, 0.29) is 0 Å². The molecule has 0 aliphatic heterocycles. The second-order valence-corrected chi connectivity index (χ2v) is 7.36. The molecule has 0 saturated carbocycles. The van der Waals surface area contributed by atoms with Gasteiger partial charge in [0.2, 0.25) is 7.55 Å². The molecule has 1 N–H and O–H groups in total. The predicted octanol–water partition coefficient (Wildman–Crippen LogP) is 2.41. The van der Waals surface area contributed by atoms with Crippen molar-refractivity contribution < 1.29 is 0 Å². The second kappa shape index (κ2) is 4.94. The summed E-state index contributed by atoms with van der Waals surface area (Å²) < 4.78 is 0. The second-order valence-electron chi connectivity index (χ2n) is 2.35. The number of hydrogen-bond donors (Lipinski definition) is 1. The van der Waals surface area contributed by atoms with Crippen LogP contribution in [0.25, 0.3) is 0 Å². The molecule has 0 fully saturated rings. The summed E-state index contributed by atoms with van der Waals surface area (Å²) >= 11 is 6.23. The molecule has 0 bridgehead atoms. The molecule has 60 valence electrons. The van der Waals surface area contributed by atoms with Crippen LogP contribution < -0.4 is 4.98 Å². The van der Waals surface area contributed by atoms with E-state index < -0.39 is 7.55 Å². The number of nitrogens with one attached hydrogen (secondary N) is 1. The minimum absolute atomic E-state index is 0.946. The van der Waals surface area contributed by atoms with Crippen molar-refractivity contribution >= 4 is 18.6 Å². The van der Waals surface area contributed by atoms with Gasteiger partial charge in [-0.3, -0.25) is 0 Å². The van der Waals surface area contributed by atoms with Crippen LogP contribution in [-0.4, -0.2) is 14.1 Å². The Hall–Kier alpha value is 0.207. The summed E-state index contributed by atoms with van der Waals surface area (Å²) in [5, 5.41) is 0. The molecule has 1 nitrogen and oxygen atoms in total.